The quantitative estimate of drug-likeness (QED) is 0.168. The zero-order valence-corrected chi connectivity index (χ0v) is 32.7. The van der Waals surface area contributed by atoms with Gasteiger partial charge >= 0.3 is 6.18 Å². The second kappa shape index (κ2) is 14.2. The van der Waals surface area contributed by atoms with Gasteiger partial charge in [0.05, 0.1) is 22.3 Å². The minimum Gasteiger partial charge on any atom is -0.455 e. The Morgan fingerprint density at radius 1 is 0.443 bits per heavy atom. The molecule has 292 valence electrons. The van der Waals surface area contributed by atoms with Crippen LogP contribution in [0.15, 0.2) is 186 Å². The van der Waals surface area contributed by atoms with Crippen LogP contribution in [0.4, 0.5) is 13.2 Å². The van der Waals surface area contributed by atoms with Gasteiger partial charge in [0.1, 0.15) is 11.2 Å². The third-order valence-electron chi connectivity index (χ3n) is 11.4. The molecule has 0 atom stereocenters. The first-order chi connectivity index (χ1) is 29.8. The van der Waals surface area contributed by atoms with Crippen molar-refractivity contribution in [3.8, 4) is 62.1 Å². The Bertz CT molecular complexity index is 3420. The van der Waals surface area contributed by atoms with E-state index in [1.165, 1.54) is 6.07 Å². The van der Waals surface area contributed by atoms with Gasteiger partial charge in [0.15, 0.2) is 17.5 Å². The molecule has 3 heterocycles. The van der Waals surface area contributed by atoms with E-state index < -0.39 is 11.7 Å². The summed E-state index contributed by atoms with van der Waals surface area (Å²) < 4.78 is 49.7. The summed E-state index contributed by atoms with van der Waals surface area (Å²) in [5.74, 6) is 1.57. The lowest BCUT2D eigenvalue weighted by Gasteiger charge is -2.16. The van der Waals surface area contributed by atoms with Crippen LogP contribution in [0.1, 0.15) is 11.1 Å². The number of hydrogen-bond donors (Lipinski definition) is 0. The lowest BCUT2D eigenvalue weighted by Crippen LogP contribution is -2.05. The van der Waals surface area contributed by atoms with Crippen LogP contribution in [0.5, 0.6) is 0 Å². The molecule has 11 rings (SSSR count). The van der Waals surface area contributed by atoms with Crippen LogP contribution in [-0.2, 0) is 6.18 Å². The Morgan fingerprint density at radius 2 is 1.05 bits per heavy atom. The van der Waals surface area contributed by atoms with Gasteiger partial charge in [-0.2, -0.15) is 13.2 Å². The minimum absolute atomic E-state index is 0.490. The molecule has 5 nitrogen and oxygen atoms in total. The fourth-order valence-electron chi connectivity index (χ4n) is 8.55. The van der Waals surface area contributed by atoms with Crippen LogP contribution in [0, 0.1) is 6.92 Å². The van der Waals surface area contributed by atoms with Crippen LogP contribution >= 0.6 is 0 Å². The van der Waals surface area contributed by atoms with E-state index in [0.29, 0.717) is 23.0 Å². The van der Waals surface area contributed by atoms with E-state index in [1.807, 2.05) is 103 Å². The Hall–Kier alpha value is -7.84. The first kappa shape index (κ1) is 36.3. The monoisotopic (exact) mass is 798 g/mol. The zero-order chi connectivity index (χ0) is 41.2. The van der Waals surface area contributed by atoms with Crippen molar-refractivity contribution < 1.29 is 17.6 Å². The van der Waals surface area contributed by atoms with Gasteiger partial charge in [0, 0.05) is 43.8 Å². The van der Waals surface area contributed by atoms with Gasteiger partial charge in [-0.3, -0.25) is 0 Å². The largest absolute Gasteiger partial charge is 0.455 e. The number of aromatic nitrogens is 4. The number of hydrogen-bond acceptors (Lipinski definition) is 4. The number of aryl methyl sites for hydroxylation is 1. The fraction of sp³-hybridized carbons (Fsp3) is 0.0377. The number of alkyl halides is 3. The highest BCUT2D eigenvalue weighted by Crippen LogP contribution is 2.42. The molecule has 8 heteroatoms. The summed E-state index contributed by atoms with van der Waals surface area (Å²) in [6.45, 7) is 1.72. The molecule has 3 aromatic heterocycles. The van der Waals surface area contributed by atoms with E-state index in [9.17, 15) is 13.2 Å². The molecule has 0 unspecified atom stereocenters. The summed E-state index contributed by atoms with van der Waals surface area (Å²) in [6.07, 6.45) is -4.42. The molecule has 0 saturated carbocycles. The second-order valence-electron chi connectivity index (χ2n) is 15.2. The van der Waals surface area contributed by atoms with Crippen LogP contribution < -0.4 is 0 Å². The topological polar surface area (TPSA) is 56.7 Å². The third kappa shape index (κ3) is 6.23. The lowest BCUT2D eigenvalue weighted by atomic mass is 9.97. The van der Waals surface area contributed by atoms with Crippen LogP contribution in [-0.4, -0.2) is 19.5 Å². The van der Waals surface area contributed by atoms with E-state index in [4.69, 9.17) is 19.4 Å². The highest BCUT2D eigenvalue weighted by Gasteiger charge is 2.31. The van der Waals surface area contributed by atoms with E-state index in [0.717, 1.165) is 94.4 Å². The number of fused-ring (bicyclic) bond motifs is 6. The lowest BCUT2D eigenvalue weighted by molar-refractivity contribution is -0.137. The molecular formula is C53H33F3N4O. The van der Waals surface area contributed by atoms with Gasteiger partial charge in [-0.1, -0.05) is 133 Å². The summed E-state index contributed by atoms with van der Waals surface area (Å²) in [7, 11) is 0. The summed E-state index contributed by atoms with van der Waals surface area (Å²) in [5, 5.41) is 4.03. The van der Waals surface area contributed by atoms with Crippen molar-refractivity contribution in [3.05, 3.63) is 193 Å². The third-order valence-corrected chi connectivity index (χ3v) is 11.4. The van der Waals surface area contributed by atoms with Crippen molar-refractivity contribution >= 4 is 43.7 Å². The number of rotatable bonds is 6. The molecule has 0 bridgehead atoms. The molecular weight excluding hydrogens is 766 g/mol. The Morgan fingerprint density at radius 3 is 1.77 bits per heavy atom. The molecule has 11 aromatic rings. The van der Waals surface area contributed by atoms with Gasteiger partial charge in [0.25, 0.3) is 0 Å². The molecule has 0 fully saturated rings. The van der Waals surface area contributed by atoms with Crippen molar-refractivity contribution in [2.24, 2.45) is 0 Å². The number of benzene rings is 8. The normalized spacial score (nSPS) is 11.9. The molecule has 8 aromatic carbocycles. The number of furan rings is 1. The van der Waals surface area contributed by atoms with E-state index >= 15 is 0 Å². The van der Waals surface area contributed by atoms with Crippen LogP contribution in [0.25, 0.3) is 106 Å². The van der Waals surface area contributed by atoms with Gasteiger partial charge in [0.2, 0.25) is 0 Å². The summed E-state index contributed by atoms with van der Waals surface area (Å²) in [4.78, 5) is 15.4. The standard InChI is InChI=1S/C53H33F3N4O/c1-32-29-37(53(54,55)56)25-26-38(32)35-23-27-46-43(30-35)40-17-8-10-21-45(40)60(46)47-28-24-36(39-19-12-20-42-41-18-9-11-22-48(41)61-49(39)42)31-44(47)52-58-50(33-13-4-2-5-14-33)57-51(59-52)34-15-6-3-7-16-34/h2-31H,1H3. The smallest absolute Gasteiger partial charge is 0.416 e. The first-order valence-corrected chi connectivity index (χ1v) is 19.9. The summed E-state index contributed by atoms with van der Waals surface area (Å²) in [6, 6.07) is 58.7. The average molecular weight is 799 g/mol. The van der Waals surface area contributed by atoms with Crippen molar-refractivity contribution in [2.75, 3.05) is 0 Å². The van der Waals surface area contributed by atoms with Crippen LogP contribution in [0.3, 0.4) is 0 Å². The molecule has 0 spiro atoms. The van der Waals surface area contributed by atoms with Crippen molar-refractivity contribution in [3.63, 3.8) is 0 Å². The highest BCUT2D eigenvalue weighted by atomic mass is 19.4. The molecule has 0 amide bonds. The zero-order valence-electron chi connectivity index (χ0n) is 32.7. The molecule has 0 saturated heterocycles. The number of nitrogens with zero attached hydrogens (tertiary/aromatic N) is 4. The molecule has 0 radical (unpaired) electrons. The van der Waals surface area contributed by atoms with Gasteiger partial charge in [-0.15, -0.1) is 0 Å². The average Bonchev–Trinajstić information content (AvgIpc) is 3.84. The van der Waals surface area contributed by atoms with Gasteiger partial charge in [-0.05, 0) is 77.7 Å². The molecule has 0 N–H and O–H groups in total. The molecule has 0 aliphatic carbocycles. The van der Waals surface area contributed by atoms with E-state index in [2.05, 4.69) is 65.2 Å². The number of para-hydroxylation sites is 3. The fourth-order valence-corrected chi connectivity index (χ4v) is 8.55. The maximum atomic E-state index is 13.6. The Balaban J connectivity index is 1.18. The van der Waals surface area contributed by atoms with Crippen LogP contribution in [0.2, 0.25) is 0 Å². The Labute approximate surface area is 348 Å². The summed E-state index contributed by atoms with van der Waals surface area (Å²) >= 11 is 0. The summed E-state index contributed by atoms with van der Waals surface area (Å²) in [5.41, 5.74) is 10.1. The second-order valence-corrected chi connectivity index (χ2v) is 15.2. The van der Waals surface area contributed by atoms with Gasteiger partial charge in [-0.25, -0.2) is 15.0 Å². The highest BCUT2D eigenvalue weighted by molar-refractivity contribution is 6.12. The molecule has 0 aliphatic heterocycles. The van der Waals surface area contributed by atoms with E-state index in [-0.39, 0.29) is 0 Å². The van der Waals surface area contributed by atoms with Crippen molar-refractivity contribution in [1.29, 1.82) is 0 Å². The Kier molecular flexibility index (Phi) is 8.42. The van der Waals surface area contributed by atoms with Gasteiger partial charge < -0.3 is 8.98 Å². The predicted molar refractivity (Wildman–Crippen MR) is 238 cm³/mol. The predicted octanol–water partition coefficient (Wildman–Crippen LogP) is 14.5. The first-order valence-electron chi connectivity index (χ1n) is 19.9. The number of halogens is 3. The minimum atomic E-state index is -4.42. The van der Waals surface area contributed by atoms with Crippen molar-refractivity contribution in [2.45, 2.75) is 13.1 Å². The SMILES string of the molecule is Cc1cc(C(F)(F)F)ccc1-c1ccc2c(c1)c1ccccc1n2-c1ccc(-c2cccc3c2oc2ccccc23)cc1-c1nc(-c2ccccc2)nc(-c2ccccc2)n1. The maximum Gasteiger partial charge on any atom is 0.416 e. The van der Waals surface area contributed by atoms with Crippen molar-refractivity contribution in [1.82, 2.24) is 19.5 Å². The maximum absolute atomic E-state index is 13.6. The van der Waals surface area contributed by atoms with E-state index in [1.54, 1.807) is 13.0 Å². The molecule has 61 heavy (non-hydrogen) atoms. The molecule has 0 aliphatic rings.